The maximum absolute atomic E-state index is 12.4. The molecule has 3 rings (SSSR count). The van der Waals surface area contributed by atoms with Gasteiger partial charge < -0.3 is 5.32 Å². The number of aryl methyl sites for hydroxylation is 1. The Morgan fingerprint density at radius 3 is 2.64 bits per heavy atom. The van der Waals surface area contributed by atoms with Gasteiger partial charge >= 0.3 is 0 Å². The molecule has 1 heterocycles. The molecule has 0 spiro atoms. The highest BCUT2D eigenvalue weighted by atomic mass is 19.3. The van der Waals surface area contributed by atoms with Gasteiger partial charge in [0.1, 0.15) is 5.69 Å². The Kier molecular flexibility index (Phi) is 3.56. The van der Waals surface area contributed by atoms with Crippen molar-refractivity contribution >= 4 is 5.91 Å². The SMILES string of the molecule is Cc1ccc(-n2[nH]c(C(=O)N[C@@H]3C[C@@H]3C(F)F)cc2=O)cc1. The lowest BCUT2D eigenvalue weighted by Gasteiger charge is -2.04. The Bertz CT molecular complexity index is 749. The third-order valence-corrected chi connectivity index (χ3v) is 3.74. The number of halogens is 2. The van der Waals surface area contributed by atoms with Crippen molar-refractivity contribution in [2.24, 2.45) is 5.92 Å². The van der Waals surface area contributed by atoms with Gasteiger partial charge in [-0.3, -0.25) is 14.7 Å². The molecule has 0 unspecified atom stereocenters. The fourth-order valence-corrected chi connectivity index (χ4v) is 2.30. The molecule has 22 heavy (non-hydrogen) atoms. The summed E-state index contributed by atoms with van der Waals surface area (Å²) in [5, 5.41) is 5.20. The zero-order chi connectivity index (χ0) is 15.9. The first kappa shape index (κ1) is 14.5. The molecule has 2 aromatic rings. The molecule has 0 saturated heterocycles. The van der Waals surface area contributed by atoms with E-state index in [0.29, 0.717) is 5.69 Å². The number of hydrogen-bond donors (Lipinski definition) is 2. The summed E-state index contributed by atoms with van der Waals surface area (Å²) in [6, 6.07) is 7.85. The minimum Gasteiger partial charge on any atom is -0.347 e. The first-order valence-corrected chi connectivity index (χ1v) is 6.94. The molecule has 1 fully saturated rings. The molecule has 5 nitrogen and oxygen atoms in total. The zero-order valence-electron chi connectivity index (χ0n) is 11.8. The van der Waals surface area contributed by atoms with E-state index in [1.54, 1.807) is 12.1 Å². The standard InChI is InChI=1S/C15H15F2N3O2/c1-8-2-4-9(5-3-8)20-13(21)7-12(19-20)15(22)18-11-6-10(11)14(16)17/h2-5,7,10-11,14,19H,6H2,1H3,(H,18,22)/t10-,11+/m0/s1. The molecule has 0 aliphatic heterocycles. The first-order valence-electron chi connectivity index (χ1n) is 6.94. The lowest BCUT2D eigenvalue weighted by Crippen LogP contribution is -2.28. The first-order chi connectivity index (χ1) is 10.5. The van der Waals surface area contributed by atoms with Crippen molar-refractivity contribution in [2.45, 2.75) is 25.8 Å². The van der Waals surface area contributed by atoms with E-state index < -0.39 is 24.3 Å². The van der Waals surface area contributed by atoms with Crippen LogP contribution in [-0.2, 0) is 0 Å². The van der Waals surface area contributed by atoms with Crippen LogP contribution in [0.4, 0.5) is 8.78 Å². The molecule has 2 N–H and O–H groups in total. The number of nitrogens with zero attached hydrogens (tertiary/aromatic N) is 1. The van der Waals surface area contributed by atoms with Crippen molar-refractivity contribution in [1.82, 2.24) is 15.1 Å². The van der Waals surface area contributed by atoms with Gasteiger partial charge in [0.2, 0.25) is 6.43 Å². The number of nitrogens with one attached hydrogen (secondary N) is 2. The number of hydrogen-bond acceptors (Lipinski definition) is 2. The van der Waals surface area contributed by atoms with Crippen molar-refractivity contribution in [2.75, 3.05) is 0 Å². The second-order valence-electron chi connectivity index (χ2n) is 5.49. The second kappa shape index (κ2) is 5.40. The molecule has 0 bridgehead atoms. The predicted molar refractivity (Wildman–Crippen MR) is 76.5 cm³/mol. The van der Waals surface area contributed by atoms with Crippen LogP contribution in [-0.4, -0.2) is 28.2 Å². The summed E-state index contributed by atoms with van der Waals surface area (Å²) in [4.78, 5) is 23.9. The molecule has 0 radical (unpaired) electrons. The minimum atomic E-state index is -2.43. The van der Waals surface area contributed by atoms with Crippen molar-refractivity contribution in [3.05, 3.63) is 51.9 Å². The molecule has 1 aliphatic rings. The third-order valence-electron chi connectivity index (χ3n) is 3.74. The van der Waals surface area contributed by atoms with Gasteiger partial charge in [-0.2, -0.15) is 0 Å². The fourth-order valence-electron chi connectivity index (χ4n) is 2.30. The summed E-state index contributed by atoms with van der Waals surface area (Å²) in [5.74, 6) is -1.33. The van der Waals surface area contributed by atoms with Gasteiger partial charge in [0, 0.05) is 18.0 Å². The number of amides is 1. The highest BCUT2D eigenvalue weighted by molar-refractivity contribution is 5.92. The Labute approximate surface area is 124 Å². The summed E-state index contributed by atoms with van der Waals surface area (Å²) in [5.41, 5.74) is 1.33. The van der Waals surface area contributed by atoms with Crippen LogP contribution in [0.5, 0.6) is 0 Å². The lowest BCUT2D eigenvalue weighted by molar-refractivity contribution is 0.0921. The smallest absolute Gasteiger partial charge is 0.271 e. The van der Waals surface area contributed by atoms with Gasteiger partial charge in [-0.05, 0) is 25.5 Å². The summed E-state index contributed by atoms with van der Waals surface area (Å²) >= 11 is 0. The van der Waals surface area contributed by atoms with Crippen LogP contribution in [0.15, 0.2) is 35.1 Å². The van der Waals surface area contributed by atoms with E-state index in [4.69, 9.17) is 0 Å². The van der Waals surface area contributed by atoms with Gasteiger partial charge in [-0.15, -0.1) is 0 Å². The Morgan fingerprint density at radius 2 is 2.05 bits per heavy atom. The predicted octanol–water partition coefficient (Wildman–Crippen LogP) is 1.86. The van der Waals surface area contributed by atoms with Crippen LogP contribution in [0.2, 0.25) is 0 Å². The maximum atomic E-state index is 12.4. The summed E-state index contributed by atoms with van der Waals surface area (Å²) in [7, 11) is 0. The van der Waals surface area contributed by atoms with Crippen LogP contribution < -0.4 is 10.9 Å². The van der Waals surface area contributed by atoms with Crippen molar-refractivity contribution in [3.8, 4) is 5.69 Å². The number of aromatic nitrogens is 2. The number of carbonyl (C=O) groups is 1. The Balaban J connectivity index is 1.76. The second-order valence-corrected chi connectivity index (χ2v) is 5.49. The number of rotatable bonds is 4. The quantitative estimate of drug-likeness (QED) is 0.905. The van der Waals surface area contributed by atoms with E-state index in [1.807, 2.05) is 19.1 Å². The lowest BCUT2D eigenvalue weighted by atomic mass is 10.2. The molecule has 2 atom stereocenters. The Hall–Kier alpha value is -2.44. The third kappa shape index (κ3) is 2.79. The van der Waals surface area contributed by atoms with Crippen molar-refractivity contribution < 1.29 is 13.6 Å². The molecule has 116 valence electrons. The normalized spacial score (nSPS) is 20.2. The van der Waals surface area contributed by atoms with Crippen LogP contribution in [0.25, 0.3) is 5.69 Å². The monoisotopic (exact) mass is 307 g/mol. The molecule has 1 saturated carbocycles. The van der Waals surface area contributed by atoms with Crippen molar-refractivity contribution in [3.63, 3.8) is 0 Å². The molecule has 1 amide bonds. The summed E-state index contributed by atoms with van der Waals surface area (Å²) < 4.78 is 26.1. The fraction of sp³-hybridized carbons (Fsp3) is 0.333. The average molecular weight is 307 g/mol. The molecule has 1 aromatic heterocycles. The summed E-state index contributed by atoms with van der Waals surface area (Å²) in [6.45, 7) is 1.93. The molecule has 1 aliphatic carbocycles. The number of H-pyrrole nitrogens is 1. The minimum absolute atomic E-state index is 0.0606. The highest BCUT2D eigenvalue weighted by Crippen LogP contribution is 2.36. The maximum Gasteiger partial charge on any atom is 0.271 e. The number of alkyl halides is 2. The van der Waals surface area contributed by atoms with Crippen LogP contribution >= 0.6 is 0 Å². The number of carbonyl (C=O) groups excluding carboxylic acids is 1. The largest absolute Gasteiger partial charge is 0.347 e. The van der Waals surface area contributed by atoms with E-state index in [0.717, 1.165) is 11.6 Å². The van der Waals surface area contributed by atoms with E-state index in [1.165, 1.54) is 4.68 Å². The van der Waals surface area contributed by atoms with Crippen LogP contribution in [0.3, 0.4) is 0 Å². The highest BCUT2D eigenvalue weighted by Gasteiger charge is 2.45. The van der Waals surface area contributed by atoms with E-state index in [2.05, 4.69) is 10.4 Å². The van der Waals surface area contributed by atoms with E-state index in [-0.39, 0.29) is 17.7 Å². The molecule has 1 aromatic carbocycles. The van der Waals surface area contributed by atoms with E-state index >= 15 is 0 Å². The molecule has 7 heteroatoms. The average Bonchev–Trinajstić information content (AvgIpc) is 3.13. The molecular formula is C15H15F2N3O2. The number of benzene rings is 1. The number of aromatic amines is 1. The van der Waals surface area contributed by atoms with Crippen LogP contribution in [0, 0.1) is 12.8 Å². The van der Waals surface area contributed by atoms with Gasteiger partial charge in [0.25, 0.3) is 11.5 Å². The van der Waals surface area contributed by atoms with Gasteiger partial charge in [0.15, 0.2) is 0 Å². The zero-order valence-corrected chi connectivity index (χ0v) is 11.8. The topological polar surface area (TPSA) is 66.9 Å². The van der Waals surface area contributed by atoms with Gasteiger partial charge in [0.05, 0.1) is 5.69 Å². The molecular weight excluding hydrogens is 292 g/mol. The summed E-state index contributed by atoms with van der Waals surface area (Å²) in [6.07, 6.45) is -2.16. The van der Waals surface area contributed by atoms with Crippen LogP contribution in [0.1, 0.15) is 22.5 Å². The van der Waals surface area contributed by atoms with Gasteiger partial charge in [-0.25, -0.2) is 13.5 Å². The Morgan fingerprint density at radius 1 is 1.36 bits per heavy atom. The van der Waals surface area contributed by atoms with Crippen molar-refractivity contribution in [1.29, 1.82) is 0 Å². The van der Waals surface area contributed by atoms with Gasteiger partial charge in [-0.1, -0.05) is 17.7 Å². The van der Waals surface area contributed by atoms with E-state index in [9.17, 15) is 18.4 Å².